The third kappa shape index (κ3) is 7.05. The van der Waals surface area contributed by atoms with Gasteiger partial charge < -0.3 is 0 Å². The smallest absolute Gasteiger partial charge is 0.0168 e. The molecule has 1 rings (SSSR count). The molecule has 0 aliphatic carbocycles. The standard InChI is InChI=1S/C11H21N.2C2H6/c1-9(2)11-5-7-12(8-6-11)10(3)4;2*1-2/h5,9-10H,6-8H2,1-4H3;2*1-2H3. The highest BCUT2D eigenvalue weighted by molar-refractivity contribution is 5.09. The second-order valence-corrected chi connectivity index (χ2v) is 4.27. The maximum atomic E-state index is 2.52. The molecule has 98 valence electrons. The van der Waals surface area contributed by atoms with Gasteiger partial charge in [-0.25, -0.2) is 0 Å². The first-order valence-electron chi connectivity index (χ1n) is 7.04. The van der Waals surface area contributed by atoms with E-state index in [-0.39, 0.29) is 0 Å². The summed E-state index contributed by atoms with van der Waals surface area (Å²) in [5.41, 5.74) is 1.65. The first-order chi connectivity index (χ1) is 7.61. The molecule has 0 unspecified atom stereocenters. The summed E-state index contributed by atoms with van der Waals surface area (Å²) in [6.45, 7) is 19.5. The summed E-state index contributed by atoms with van der Waals surface area (Å²) < 4.78 is 0. The molecule has 0 fully saturated rings. The molecule has 0 aromatic carbocycles. The van der Waals surface area contributed by atoms with E-state index in [9.17, 15) is 0 Å². The molecule has 16 heavy (non-hydrogen) atoms. The van der Waals surface area contributed by atoms with Crippen LogP contribution in [0, 0.1) is 5.92 Å². The predicted octanol–water partition coefficient (Wildman–Crippen LogP) is 4.74. The zero-order valence-corrected chi connectivity index (χ0v) is 12.8. The summed E-state index contributed by atoms with van der Waals surface area (Å²) in [6, 6.07) is 0.704. The SMILES string of the molecule is CC.CC.CC(C)C1=CCN(C(C)C)CC1. The molecule has 0 bridgehead atoms. The van der Waals surface area contributed by atoms with E-state index >= 15 is 0 Å². The largest absolute Gasteiger partial charge is 0.297 e. The van der Waals surface area contributed by atoms with E-state index in [2.05, 4.69) is 38.7 Å². The summed E-state index contributed by atoms with van der Waals surface area (Å²) in [7, 11) is 0. The molecule has 0 saturated carbocycles. The summed E-state index contributed by atoms with van der Waals surface area (Å²) in [6.07, 6.45) is 3.68. The van der Waals surface area contributed by atoms with E-state index in [1.807, 2.05) is 27.7 Å². The zero-order valence-electron chi connectivity index (χ0n) is 12.8. The van der Waals surface area contributed by atoms with Gasteiger partial charge in [0, 0.05) is 19.1 Å². The molecule has 0 aromatic heterocycles. The average molecular weight is 227 g/mol. The predicted molar refractivity (Wildman–Crippen MR) is 76.9 cm³/mol. The normalized spacial score (nSPS) is 16.0. The van der Waals surface area contributed by atoms with Crippen molar-refractivity contribution in [3.05, 3.63) is 11.6 Å². The Morgan fingerprint density at radius 3 is 1.75 bits per heavy atom. The second-order valence-electron chi connectivity index (χ2n) is 4.27. The molecule has 1 heteroatoms. The summed E-state index contributed by atoms with van der Waals surface area (Å²) in [5.74, 6) is 0.749. The topological polar surface area (TPSA) is 3.24 Å². The highest BCUT2D eigenvalue weighted by Crippen LogP contribution is 2.19. The van der Waals surface area contributed by atoms with E-state index in [0.29, 0.717) is 6.04 Å². The van der Waals surface area contributed by atoms with Gasteiger partial charge in [0.2, 0.25) is 0 Å². The highest BCUT2D eigenvalue weighted by Gasteiger charge is 2.15. The van der Waals surface area contributed by atoms with Crippen LogP contribution in [0.25, 0.3) is 0 Å². The lowest BCUT2D eigenvalue weighted by Crippen LogP contribution is -2.35. The van der Waals surface area contributed by atoms with Crippen molar-refractivity contribution in [2.75, 3.05) is 13.1 Å². The Hall–Kier alpha value is -0.300. The van der Waals surface area contributed by atoms with Crippen molar-refractivity contribution in [2.24, 2.45) is 5.92 Å². The number of rotatable bonds is 2. The lowest BCUT2D eigenvalue weighted by Gasteiger charge is -2.30. The van der Waals surface area contributed by atoms with Crippen LogP contribution in [-0.2, 0) is 0 Å². The quantitative estimate of drug-likeness (QED) is 0.616. The maximum Gasteiger partial charge on any atom is 0.0168 e. The molecular weight excluding hydrogens is 194 g/mol. The third-order valence-electron chi connectivity index (χ3n) is 2.75. The van der Waals surface area contributed by atoms with Crippen molar-refractivity contribution < 1.29 is 0 Å². The molecule has 1 aliphatic rings. The van der Waals surface area contributed by atoms with Crippen molar-refractivity contribution >= 4 is 0 Å². The Kier molecular flexibility index (Phi) is 12.6. The van der Waals surface area contributed by atoms with Crippen LogP contribution in [0.2, 0.25) is 0 Å². The Morgan fingerprint density at radius 2 is 1.50 bits per heavy atom. The molecule has 1 aliphatic heterocycles. The number of hydrogen-bond donors (Lipinski definition) is 0. The molecule has 1 nitrogen and oxygen atoms in total. The van der Waals surface area contributed by atoms with Gasteiger partial charge >= 0.3 is 0 Å². The minimum Gasteiger partial charge on any atom is -0.297 e. The number of nitrogens with zero attached hydrogens (tertiary/aromatic N) is 1. The van der Waals surface area contributed by atoms with E-state index < -0.39 is 0 Å². The molecule has 0 N–H and O–H groups in total. The van der Waals surface area contributed by atoms with Gasteiger partial charge in [-0.1, -0.05) is 53.2 Å². The van der Waals surface area contributed by atoms with Gasteiger partial charge in [-0.2, -0.15) is 0 Å². The third-order valence-corrected chi connectivity index (χ3v) is 2.75. The molecule has 0 amide bonds. The van der Waals surface area contributed by atoms with E-state index in [0.717, 1.165) is 12.5 Å². The highest BCUT2D eigenvalue weighted by atomic mass is 15.1. The van der Waals surface area contributed by atoms with E-state index in [1.165, 1.54) is 13.0 Å². The van der Waals surface area contributed by atoms with Gasteiger partial charge in [-0.3, -0.25) is 4.90 Å². The Balaban J connectivity index is 0. The van der Waals surface area contributed by atoms with Crippen LogP contribution >= 0.6 is 0 Å². The van der Waals surface area contributed by atoms with Crippen molar-refractivity contribution in [3.63, 3.8) is 0 Å². The van der Waals surface area contributed by atoms with Crippen molar-refractivity contribution in [1.82, 2.24) is 4.90 Å². The fraction of sp³-hybridized carbons (Fsp3) is 0.867. The molecule has 1 heterocycles. The molecule has 0 atom stereocenters. The van der Waals surface area contributed by atoms with Crippen molar-refractivity contribution in [3.8, 4) is 0 Å². The van der Waals surface area contributed by atoms with Gasteiger partial charge in [-0.05, 0) is 26.2 Å². The second kappa shape index (κ2) is 11.2. The molecule has 0 aromatic rings. The van der Waals surface area contributed by atoms with Crippen LogP contribution in [0.1, 0.15) is 61.8 Å². The summed E-state index contributed by atoms with van der Waals surface area (Å²) in [4.78, 5) is 2.52. The average Bonchev–Trinajstić information content (AvgIpc) is 2.34. The van der Waals surface area contributed by atoms with Gasteiger partial charge in [0.15, 0.2) is 0 Å². The monoisotopic (exact) mass is 227 g/mol. The Labute approximate surface area is 104 Å². The molecule has 0 spiro atoms. The lowest BCUT2D eigenvalue weighted by molar-refractivity contribution is 0.235. The fourth-order valence-electron chi connectivity index (χ4n) is 1.69. The first kappa shape index (κ1) is 18.1. The van der Waals surface area contributed by atoms with Crippen LogP contribution < -0.4 is 0 Å². The van der Waals surface area contributed by atoms with Gasteiger partial charge in [0.1, 0.15) is 0 Å². The van der Waals surface area contributed by atoms with Crippen LogP contribution in [0.15, 0.2) is 11.6 Å². The van der Waals surface area contributed by atoms with Crippen LogP contribution in [0.3, 0.4) is 0 Å². The van der Waals surface area contributed by atoms with Crippen molar-refractivity contribution in [1.29, 1.82) is 0 Å². The van der Waals surface area contributed by atoms with Crippen LogP contribution in [0.4, 0.5) is 0 Å². The first-order valence-corrected chi connectivity index (χ1v) is 7.04. The van der Waals surface area contributed by atoms with E-state index in [4.69, 9.17) is 0 Å². The van der Waals surface area contributed by atoms with Crippen molar-refractivity contribution in [2.45, 2.75) is 67.9 Å². The molecule has 0 saturated heterocycles. The van der Waals surface area contributed by atoms with Gasteiger partial charge in [-0.15, -0.1) is 0 Å². The number of hydrogen-bond acceptors (Lipinski definition) is 1. The minimum atomic E-state index is 0.704. The Bertz CT molecular complexity index is 168. The summed E-state index contributed by atoms with van der Waals surface area (Å²) >= 11 is 0. The summed E-state index contributed by atoms with van der Waals surface area (Å²) in [5, 5.41) is 0. The maximum absolute atomic E-state index is 2.52. The van der Waals surface area contributed by atoms with E-state index in [1.54, 1.807) is 5.57 Å². The fourth-order valence-corrected chi connectivity index (χ4v) is 1.69. The van der Waals surface area contributed by atoms with Crippen LogP contribution in [0.5, 0.6) is 0 Å². The zero-order chi connectivity index (χ0) is 13.1. The minimum absolute atomic E-state index is 0.704. The van der Waals surface area contributed by atoms with Gasteiger partial charge in [0.25, 0.3) is 0 Å². The van der Waals surface area contributed by atoms with Crippen LogP contribution in [-0.4, -0.2) is 24.0 Å². The molecule has 0 radical (unpaired) electrons. The lowest BCUT2D eigenvalue weighted by atomic mass is 9.96. The molecular formula is C15H33N. The van der Waals surface area contributed by atoms with Gasteiger partial charge in [0.05, 0.1) is 0 Å². The Morgan fingerprint density at radius 1 is 1.00 bits per heavy atom.